The van der Waals surface area contributed by atoms with Crippen molar-refractivity contribution in [2.24, 2.45) is 0 Å². The summed E-state index contributed by atoms with van der Waals surface area (Å²) in [4.78, 5) is 12.1. The topological polar surface area (TPSA) is 55.8 Å². The van der Waals surface area contributed by atoms with Crippen LogP contribution in [-0.4, -0.2) is 37.0 Å². The number of rotatable bonds is 27. The largest absolute Gasteiger partial charge is 0.457 e. The number of esters is 1. The number of hydrogen-bond donors (Lipinski definition) is 1. The number of carbonyl (C=O) groups excluding carboxylic acids is 1. The standard InChI is InChI=1S/C35H58O4/c1-3-5-7-9-11-13-15-17-19-21-23-25-27-29-31-38-33-34(32-36)39-35(37)30-28-26-24-22-20-18-16-14-12-10-8-6-4-2/h5,7-8,10-11,13-14,16-17,19,23,25,34,36H,3-4,6,9,12,15,18,20-22,24,26-33H2,1-2H3/b7-5-,10-8-,13-11-,16-14-,19-17-,25-23-. The van der Waals surface area contributed by atoms with Gasteiger partial charge >= 0.3 is 5.97 Å². The molecule has 4 heteroatoms. The number of carbonyl (C=O) groups is 1. The normalized spacial score (nSPS) is 13.4. The van der Waals surface area contributed by atoms with Gasteiger partial charge in [-0.25, -0.2) is 0 Å². The van der Waals surface area contributed by atoms with Gasteiger partial charge in [0.15, 0.2) is 0 Å². The van der Waals surface area contributed by atoms with Crippen LogP contribution >= 0.6 is 0 Å². The van der Waals surface area contributed by atoms with Gasteiger partial charge in [0.1, 0.15) is 6.10 Å². The summed E-state index contributed by atoms with van der Waals surface area (Å²) < 4.78 is 11.0. The Kier molecular flexibility index (Phi) is 30.3. The molecule has 0 bridgehead atoms. The van der Waals surface area contributed by atoms with Gasteiger partial charge in [-0.2, -0.15) is 0 Å². The van der Waals surface area contributed by atoms with E-state index in [0.29, 0.717) is 13.0 Å². The molecular formula is C35H58O4. The number of unbranched alkanes of at least 4 members (excludes halogenated alkanes) is 7. The molecule has 0 aliphatic carbocycles. The van der Waals surface area contributed by atoms with Crippen molar-refractivity contribution in [3.05, 3.63) is 72.9 Å². The van der Waals surface area contributed by atoms with Crippen LogP contribution in [0.25, 0.3) is 0 Å². The zero-order valence-electron chi connectivity index (χ0n) is 25.1. The number of hydrogen-bond acceptors (Lipinski definition) is 4. The Morgan fingerprint density at radius 3 is 1.74 bits per heavy atom. The highest BCUT2D eigenvalue weighted by Crippen LogP contribution is 2.09. The van der Waals surface area contributed by atoms with E-state index < -0.39 is 6.10 Å². The lowest BCUT2D eigenvalue weighted by molar-refractivity contribution is -0.154. The van der Waals surface area contributed by atoms with E-state index in [0.717, 1.165) is 70.6 Å². The van der Waals surface area contributed by atoms with E-state index in [1.54, 1.807) is 0 Å². The van der Waals surface area contributed by atoms with Crippen molar-refractivity contribution in [3.8, 4) is 0 Å². The van der Waals surface area contributed by atoms with Crippen molar-refractivity contribution in [1.29, 1.82) is 0 Å². The Morgan fingerprint density at radius 1 is 0.641 bits per heavy atom. The van der Waals surface area contributed by atoms with Crippen molar-refractivity contribution in [3.63, 3.8) is 0 Å². The fourth-order valence-electron chi connectivity index (χ4n) is 3.72. The summed E-state index contributed by atoms with van der Waals surface area (Å²) in [5.41, 5.74) is 0. The average Bonchev–Trinajstić information content (AvgIpc) is 2.94. The van der Waals surface area contributed by atoms with Crippen LogP contribution in [0, 0.1) is 0 Å². The number of ether oxygens (including phenoxy) is 2. The first kappa shape index (κ1) is 36.8. The molecule has 1 N–H and O–H groups in total. The fraction of sp³-hybridized carbons (Fsp3) is 0.629. The van der Waals surface area contributed by atoms with Crippen LogP contribution in [-0.2, 0) is 14.3 Å². The SMILES string of the molecule is CC/C=C\C/C=C\C/C=C\C/C=C\CCCOCC(CO)OC(=O)CCCCCCC/C=C\C/C=C\CCC. The summed E-state index contributed by atoms with van der Waals surface area (Å²) in [6.45, 7) is 4.98. The van der Waals surface area contributed by atoms with E-state index in [2.05, 4.69) is 86.8 Å². The summed E-state index contributed by atoms with van der Waals surface area (Å²) in [5.74, 6) is -0.239. The summed E-state index contributed by atoms with van der Waals surface area (Å²) in [6.07, 6.45) is 42.2. The Balaban J connectivity index is 3.63. The van der Waals surface area contributed by atoms with Gasteiger partial charge in [0.25, 0.3) is 0 Å². The zero-order chi connectivity index (χ0) is 28.5. The molecule has 0 rings (SSSR count). The Labute approximate surface area is 240 Å². The molecule has 0 heterocycles. The van der Waals surface area contributed by atoms with Crippen LogP contribution in [0.5, 0.6) is 0 Å². The lowest BCUT2D eigenvalue weighted by Gasteiger charge is -2.15. The molecule has 1 unspecified atom stereocenters. The molecule has 0 aromatic heterocycles. The van der Waals surface area contributed by atoms with E-state index in [-0.39, 0.29) is 19.2 Å². The van der Waals surface area contributed by atoms with Crippen LogP contribution in [0.1, 0.15) is 117 Å². The van der Waals surface area contributed by atoms with E-state index in [1.807, 2.05) is 0 Å². The number of aliphatic hydroxyl groups is 1. The third-order valence-corrected chi connectivity index (χ3v) is 6.00. The molecule has 0 fully saturated rings. The molecule has 222 valence electrons. The predicted octanol–water partition coefficient (Wildman–Crippen LogP) is 9.53. The van der Waals surface area contributed by atoms with E-state index >= 15 is 0 Å². The highest BCUT2D eigenvalue weighted by atomic mass is 16.6. The number of allylic oxidation sites excluding steroid dienone is 12. The Bertz CT molecular complexity index is 699. The van der Waals surface area contributed by atoms with Gasteiger partial charge in [-0.15, -0.1) is 0 Å². The first-order valence-electron chi connectivity index (χ1n) is 15.5. The molecule has 0 aliphatic rings. The van der Waals surface area contributed by atoms with Gasteiger partial charge in [0, 0.05) is 13.0 Å². The monoisotopic (exact) mass is 542 g/mol. The van der Waals surface area contributed by atoms with Gasteiger partial charge in [0.05, 0.1) is 13.2 Å². The molecule has 0 radical (unpaired) electrons. The molecule has 1 atom stereocenters. The van der Waals surface area contributed by atoms with Crippen molar-refractivity contribution in [2.75, 3.05) is 19.8 Å². The minimum atomic E-state index is -0.571. The molecule has 4 nitrogen and oxygen atoms in total. The number of aliphatic hydroxyl groups excluding tert-OH is 1. The second-order valence-corrected chi connectivity index (χ2v) is 9.79. The second kappa shape index (κ2) is 32.0. The smallest absolute Gasteiger partial charge is 0.306 e. The molecule has 0 saturated heterocycles. The van der Waals surface area contributed by atoms with Crippen LogP contribution in [0.2, 0.25) is 0 Å². The maximum atomic E-state index is 12.1. The van der Waals surface area contributed by atoms with Gasteiger partial charge in [-0.1, -0.05) is 112 Å². The summed E-state index contributed by atoms with van der Waals surface area (Å²) in [6, 6.07) is 0. The minimum Gasteiger partial charge on any atom is -0.457 e. The third-order valence-electron chi connectivity index (χ3n) is 6.00. The molecule has 0 aromatic rings. The van der Waals surface area contributed by atoms with Gasteiger partial charge in [-0.05, 0) is 70.6 Å². The lowest BCUT2D eigenvalue weighted by Crippen LogP contribution is -2.27. The summed E-state index contributed by atoms with van der Waals surface area (Å²) in [5, 5.41) is 9.49. The van der Waals surface area contributed by atoms with Crippen LogP contribution in [0.15, 0.2) is 72.9 Å². The van der Waals surface area contributed by atoms with E-state index in [1.165, 1.54) is 25.7 Å². The maximum Gasteiger partial charge on any atom is 0.306 e. The van der Waals surface area contributed by atoms with Crippen molar-refractivity contribution in [2.45, 2.75) is 123 Å². The molecule has 0 aliphatic heterocycles. The van der Waals surface area contributed by atoms with E-state index in [4.69, 9.17) is 9.47 Å². The van der Waals surface area contributed by atoms with Crippen LogP contribution in [0.3, 0.4) is 0 Å². The molecule has 0 spiro atoms. The first-order valence-corrected chi connectivity index (χ1v) is 15.5. The second-order valence-electron chi connectivity index (χ2n) is 9.79. The molecule has 0 aromatic carbocycles. The van der Waals surface area contributed by atoms with Gasteiger partial charge in [-0.3, -0.25) is 4.79 Å². The van der Waals surface area contributed by atoms with Gasteiger partial charge < -0.3 is 14.6 Å². The molecular weight excluding hydrogens is 484 g/mol. The maximum absolute atomic E-state index is 12.1. The van der Waals surface area contributed by atoms with Crippen LogP contribution in [0.4, 0.5) is 0 Å². The minimum absolute atomic E-state index is 0.204. The first-order chi connectivity index (χ1) is 19.2. The summed E-state index contributed by atoms with van der Waals surface area (Å²) in [7, 11) is 0. The molecule has 0 amide bonds. The van der Waals surface area contributed by atoms with Crippen LogP contribution < -0.4 is 0 Å². The highest BCUT2D eigenvalue weighted by Gasteiger charge is 2.13. The average molecular weight is 543 g/mol. The zero-order valence-corrected chi connectivity index (χ0v) is 25.1. The highest BCUT2D eigenvalue weighted by molar-refractivity contribution is 5.69. The predicted molar refractivity (Wildman–Crippen MR) is 168 cm³/mol. The van der Waals surface area contributed by atoms with Crippen molar-refractivity contribution < 1.29 is 19.4 Å². The van der Waals surface area contributed by atoms with Gasteiger partial charge in [0.2, 0.25) is 0 Å². The van der Waals surface area contributed by atoms with Crippen molar-refractivity contribution >= 4 is 5.97 Å². The van der Waals surface area contributed by atoms with Crippen molar-refractivity contribution in [1.82, 2.24) is 0 Å². The molecule has 0 saturated carbocycles. The van der Waals surface area contributed by atoms with E-state index in [9.17, 15) is 9.90 Å². The summed E-state index contributed by atoms with van der Waals surface area (Å²) >= 11 is 0. The Hall–Kier alpha value is -2.17. The quantitative estimate of drug-likeness (QED) is 0.0638. The Morgan fingerprint density at radius 2 is 1.15 bits per heavy atom. The third kappa shape index (κ3) is 30.2. The molecule has 39 heavy (non-hydrogen) atoms. The lowest BCUT2D eigenvalue weighted by atomic mass is 10.1. The fourth-order valence-corrected chi connectivity index (χ4v) is 3.72.